The van der Waals surface area contributed by atoms with Gasteiger partial charge in [0.1, 0.15) is 23.9 Å². The molecule has 4 rings (SSSR count). The first kappa shape index (κ1) is 24.2. The van der Waals surface area contributed by atoms with Crippen molar-refractivity contribution >= 4 is 46.4 Å². The molecule has 3 amide bonds. The number of halogens is 3. The molecule has 1 aliphatic heterocycles. The van der Waals surface area contributed by atoms with E-state index in [0.29, 0.717) is 0 Å². The van der Waals surface area contributed by atoms with E-state index in [-0.39, 0.29) is 33.4 Å². The lowest BCUT2D eigenvalue weighted by molar-refractivity contribution is -0.133. The van der Waals surface area contributed by atoms with Crippen molar-refractivity contribution in [3.05, 3.63) is 82.9 Å². The molecule has 10 heteroatoms. The second-order valence-electron chi connectivity index (χ2n) is 8.30. The fraction of sp³-hybridized carbons (Fsp3) is 0.160. The fourth-order valence-electron chi connectivity index (χ4n) is 3.54. The molecule has 0 fully saturated rings. The molecule has 0 atom stereocenters. The highest BCUT2D eigenvalue weighted by Gasteiger charge is 2.42. The number of para-hydroxylation sites is 1. The first-order chi connectivity index (χ1) is 16.5. The van der Waals surface area contributed by atoms with Crippen molar-refractivity contribution in [1.82, 2.24) is 0 Å². The molecular formula is C25H20ClF2N3O4. The Morgan fingerprint density at radius 3 is 2.46 bits per heavy atom. The van der Waals surface area contributed by atoms with E-state index < -0.39 is 41.5 Å². The third-order valence-electron chi connectivity index (χ3n) is 5.26. The van der Waals surface area contributed by atoms with Crippen LogP contribution in [-0.4, -0.2) is 29.9 Å². The maximum atomic E-state index is 13.9. The minimum Gasteiger partial charge on any atom is -0.476 e. The van der Waals surface area contributed by atoms with Crippen LogP contribution in [-0.2, 0) is 9.59 Å². The van der Waals surface area contributed by atoms with Crippen LogP contribution in [0.5, 0.6) is 5.75 Å². The monoisotopic (exact) mass is 499 g/mol. The van der Waals surface area contributed by atoms with Gasteiger partial charge >= 0.3 is 0 Å². The summed E-state index contributed by atoms with van der Waals surface area (Å²) in [6.07, 6.45) is 0. The molecule has 3 aromatic carbocycles. The minimum absolute atomic E-state index is 0.0243. The number of rotatable bonds is 5. The number of benzene rings is 3. The van der Waals surface area contributed by atoms with Gasteiger partial charge in [0.15, 0.2) is 5.60 Å². The molecule has 1 heterocycles. The zero-order valence-electron chi connectivity index (χ0n) is 18.7. The number of hydrogen-bond acceptors (Lipinski definition) is 4. The van der Waals surface area contributed by atoms with Crippen LogP contribution in [0.2, 0.25) is 5.02 Å². The van der Waals surface area contributed by atoms with Crippen LogP contribution in [0.25, 0.3) is 0 Å². The maximum absolute atomic E-state index is 13.9. The number of carbonyl (C=O) groups excluding carboxylic acids is 3. The molecular weight excluding hydrogens is 480 g/mol. The van der Waals surface area contributed by atoms with Crippen LogP contribution >= 0.6 is 11.6 Å². The highest BCUT2D eigenvalue weighted by atomic mass is 35.5. The molecule has 0 aromatic heterocycles. The van der Waals surface area contributed by atoms with Crippen molar-refractivity contribution < 1.29 is 27.9 Å². The Balaban J connectivity index is 1.61. The number of hydrogen-bond donors (Lipinski definition) is 2. The van der Waals surface area contributed by atoms with Gasteiger partial charge in [-0.3, -0.25) is 19.3 Å². The second kappa shape index (κ2) is 9.34. The van der Waals surface area contributed by atoms with Crippen LogP contribution in [0.3, 0.4) is 0 Å². The van der Waals surface area contributed by atoms with Crippen molar-refractivity contribution in [1.29, 1.82) is 0 Å². The summed E-state index contributed by atoms with van der Waals surface area (Å²) < 4.78 is 33.1. The summed E-state index contributed by atoms with van der Waals surface area (Å²) in [6.45, 7) is 2.67. The third-order valence-corrected chi connectivity index (χ3v) is 5.55. The first-order valence-electron chi connectivity index (χ1n) is 10.5. The number of amides is 3. The number of anilines is 3. The van der Waals surface area contributed by atoms with Gasteiger partial charge in [0.25, 0.3) is 11.8 Å². The van der Waals surface area contributed by atoms with Crippen LogP contribution in [0.1, 0.15) is 24.2 Å². The summed E-state index contributed by atoms with van der Waals surface area (Å²) in [5.74, 6) is -2.66. The molecule has 0 aliphatic carbocycles. The largest absolute Gasteiger partial charge is 0.476 e. The van der Waals surface area contributed by atoms with Crippen LogP contribution in [0.4, 0.5) is 25.8 Å². The quantitative estimate of drug-likeness (QED) is 0.516. The summed E-state index contributed by atoms with van der Waals surface area (Å²) in [5.41, 5.74) is -0.681. The lowest BCUT2D eigenvalue weighted by Crippen LogP contribution is -2.54. The molecule has 1 aliphatic rings. The smallest absolute Gasteiger partial charge is 0.271 e. The summed E-state index contributed by atoms with van der Waals surface area (Å²) in [7, 11) is 0. The van der Waals surface area contributed by atoms with Gasteiger partial charge in [-0.1, -0.05) is 23.7 Å². The van der Waals surface area contributed by atoms with E-state index >= 15 is 0 Å². The highest BCUT2D eigenvalue weighted by molar-refractivity contribution is 6.31. The summed E-state index contributed by atoms with van der Waals surface area (Å²) >= 11 is 5.77. The number of nitrogens with one attached hydrogen (secondary N) is 2. The Bertz CT molecular complexity index is 1350. The average molecular weight is 500 g/mol. The van der Waals surface area contributed by atoms with Crippen molar-refractivity contribution in [2.24, 2.45) is 0 Å². The van der Waals surface area contributed by atoms with Gasteiger partial charge in [-0.25, -0.2) is 8.78 Å². The second-order valence-corrected chi connectivity index (χ2v) is 8.70. The minimum atomic E-state index is -1.28. The molecule has 2 N–H and O–H groups in total. The molecule has 0 radical (unpaired) electrons. The van der Waals surface area contributed by atoms with E-state index in [1.807, 2.05) is 0 Å². The van der Waals surface area contributed by atoms with Gasteiger partial charge in [0.05, 0.1) is 16.4 Å². The van der Waals surface area contributed by atoms with Crippen molar-refractivity contribution in [2.75, 3.05) is 22.1 Å². The van der Waals surface area contributed by atoms with Crippen molar-refractivity contribution in [2.45, 2.75) is 19.4 Å². The van der Waals surface area contributed by atoms with E-state index in [1.165, 1.54) is 53.4 Å². The van der Waals surface area contributed by atoms with Crippen LogP contribution in [0.15, 0.2) is 60.7 Å². The lowest BCUT2D eigenvalue weighted by atomic mass is 10.0. The highest BCUT2D eigenvalue weighted by Crippen LogP contribution is 2.38. The van der Waals surface area contributed by atoms with Gasteiger partial charge in [-0.2, -0.15) is 0 Å². The molecule has 35 heavy (non-hydrogen) atoms. The van der Waals surface area contributed by atoms with Crippen molar-refractivity contribution in [3.63, 3.8) is 0 Å². The van der Waals surface area contributed by atoms with E-state index in [4.69, 9.17) is 16.3 Å². The van der Waals surface area contributed by atoms with Gasteiger partial charge < -0.3 is 15.4 Å². The predicted molar refractivity (Wildman–Crippen MR) is 128 cm³/mol. The fourth-order valence-corrected chi connectivity index (χ4v) is 3.72. The predicted octanol–water partition coefficient (Wildman–Crippen LogP) is 5.01. The zero-order chi connectivity index (χ0) is 25.3. The maximum Gasteiger partial charge on any atom is 0.271 e. The molecule has 0 unspecified atom stereocenters. The third kappa shape index (κ3) is 5.09. The Labute approximate surface area is 204 Å². The van der Waals surface area contributed by atoms with E-state index in [9.17, 15) is 23.2 Å². The Kier molecular flexibility index (Phi) is 6.45. The van der Waals surface area contributed by atoms with Gasteiger partial charge in [0, 0.05) is 11.3 Å². The summed E-state index contributed by atoms with van der Waals surface area (Å²) in [4.78, 5) is 39.8. The Morgan fingerprint density at radius 1 is 1.00 bits per heavy atom. The van der Waals surface area contributed by atoms with Gasteiger partial charge in [-0.15, -0.1) is 0 Å². The van der Waals surface area contributed by atoms with Crippen molar-refractivity contribution in [3.8, 4) is 5.75 Å². The SMILES string of the molecule is CC1(C)Oc2ccc(C(=O)Nc3ccc(F)c(Cl)c3)cc2N(CC(=O)Nc2ccccc2F)C1=O. The molecule has 0 saturated carbocycles. The normalized spacial score (nSPS) is 14.1. The van der Waals surface area contributed by atoms with Crippen LogP contribution in [0, 0.1) is 11.6 Å². The molecule has 0 saturated heterocycles. The van der Waals surface area contributed by atoms with E-state index in [0.717, 1.165) is 6.07 Å². The van der Waals surface area contributed by atoms with Gasteiger partial charge in [0.2, 0.25) is 5.91 Å². The average Bonchev–Trinajstić information content (AvgIpc) is 2.80. The van der Waals surface area contributed by atoms with Gasteiger partial charge in [-0.05, 0) is 62.4 Å². The summed E-state index contributed by atoms with van der Waals surface area (Å²) in [5, 5.41) is 4.89. The first-order valence-corrected chi connectivity index (χ1v) is 10.9. The Hall–Kier alpha value is -3.98. The van der Waals surface area contributed by atoms with Crippen LogP contribution < -0.4 is 20.3 Å². The molecule has 0 spiro atoms. The van der Waals surface area contributed by atoms with E-state index in [1.54, 1.807) is 19.9 Å². The molecule has 3 aromatic rings. The number of ether oxygens (including phenoxy) is 1. The summed E-state index contributed by atoms with van der Waals surface area (Å²) in [6, 6.07) is 13.8. The topological polar surface area (TPSA) is 87.7 Å². The van der Waals surface area contributed by atoms with E-state index in [2.05, 4.69) is 10.6 Å². The molecule has 0 bridgehead atoms. The standard InChI is InChI=1S/C25H20ClF2N3O4/c1-25(2)24(34)31(13-22(32)30-19-6-4-3-5-18(19)28)20-11-14(7-10-21(20)35-25)23(33)29-15-8-9-17(27)16(26)12-15/h3-12H,13H2,1-2H3,(H,29,33)(H,30,32). The lowest BCUT2D eigenvalue weighted by Gasteiger charge is -2.38. The Morgan fingerprint density at radius 2 is 1.74 bits per heavy atom. The molecule has 7 nitrogen and oxygen atoms in total. The number of nitrogens with zero attached hydrogens (tertiary/aromatic N) is 1. The number of fused-ring (bicyclic) bond motifs is 1. The number of carbonyl (C=O) groups is 3. The molecule has 180 valence electrons. The zero-order valence-corrected chi connectivity index (χ0v) is 19.5.